The molecule has 1 N–H and O–H groups in total. The van der Waals surface area contributed by atoms with E-state index in [1.807, 2.05) is 11.0 Å². The molecule has 1 aromatic rings. The molecule has 0 unspecified atom stereocenters. The van der Waals surface area contributed by atoms with E-state index in [2.05, 4.69) is 27.3 Å². The first kappa shape index (κ1) is 12.9. The van der Waals surface area contributed by atoms with Gasteiger partial charge in [0.25, 0.3) is 0 Å². The fraction of sp³-hybridized carbons (Fsp3) is 0.385. The number of nitrogens with one attached hydrogen (secondary N) is 1. The highest BCUT2D eigenvalue weighted by Crippen LogP contribution is 2.20. The second-order valence-electron chi connectivity index (χ2n) is 4.24. The molecule has 1 saturated heterocycles. The number of carbonyl (C=O) groups is 1. The maximum Gasteiger partial charge on any atom is 0.241 e. The maximum absolute atomic E-state index is 11.9. The summed E-state index contributed by atoms with van der Waals surface area (Å²) in [5.41, 5.74) is 1.24. The number of anilines is 1. The molecule has 1 heterocycles. The van der Waals surface area contributed by atoms with Crippen LogP contribution in [0.4, 0.5) is 5.69 Å². The fourth-order valence-corrected chi connectivity index (χ4v) is 2.37. The quantitative estimate of drug-likeness (QED) is 0.932. The Hall–Kier alpha value is -1.54. The predicted octanol–water partition coefficient (Wildman–Crippen LogP) is 2.36. The molecule has 2 rings (SSSR count). The Labute approximate surface area is 115 Å². The van der Waals surface area contributed by atoms with Crippen LogP contribution in [0.15, 0.2) is 22.7 Å². The van der Waals surface area contributed by atoms with E-state index in [0.29, 0.717) is 11.3 Å². The smallest absolute Gasteiger partial charge is 0.241 e. The van der Waals surface area contributed by atoms with Gasteiger partial charge in [0.05, 0.1) is 17.8 Å². The molecule has 0 aromatic heterocycles. The van der Waals surface area contributed by atoms with Crippen molar-refractivity contribution in [2.45, 2.75) is 12.8 Å². The van der Waals surface area contributed by atoms with Gasteiger partial charge in [-0.05, 0) is 31.0 Å². The average molecular weight is 308 g/mol. The molecule has 5 heteroatoms. The molecule has 0 atom stereocenters. The van der Waals surface area contributed by atoms with Crippen LogP contribution in [0.1, 0.15) is 18.4 Å². The Morgan fingerprint density at radius 1 is 1.44 bits per heavy atom. The normalized spacial score (nSPS) is 14.3. The second-order valence-corrected chi connectivity index (χ2v) is 5.16. The summed E-state index contributed by atoms with van der Waals surface area (Å²) in [5.74, 6) is 0.0966. The van der Waals surface area contributed by atoms with Crippen molar-refractivity contribution >= 4 is 27.5 Å². The zero-order valence-corrected chi connectivity index (χ0v) is 11.5. The summed E-state index contributed by atoms with van der Waals surface area (Å²) in [7, 11) is 0. The lowest BCUT2D eigenvalue weighted by Gasteiger charge is -2.16. The van der Waals surface area contributed by atoms with E-state index < -0.39 is 0 Å². The van der Waals surface area contributed by atoms with E-state index >= 15 is 0 Å². The Bertz CT molecular complexity index is 489. The largest absolute Gasteiger partial charge is 0.375 e. The van der Waals surface area contributed by atoms with E-state index in [4.69, 9.17) is 5.26 Å². The van der Waals surface area contributed by atoms with Crippen LogP contribution in [0.25, 0.3) is 0 Å². The van der Waals surface area contributed by atoms with Crippen LogP contribution in [0, 0.1) is 11.3 Å². The molecule has 4 nitrogen and oxygen atoms in total. The Kier molecular flexibility index (Phi) is 4.21. The van der Waals surface area contributed by atoms with E-state index in [0.717, 1.165) is 30.4 Å². The minimum atomic E-state index is 0.0966. The van der Waals surface area contributed by atoms with E-state index in [9.17, 15) is 4.79 Å². The van der Waals surface area contributed by atoms with Gasteiger partial charge in [0.2, 0.25) is 5.91 Å². The van der Waals surface area contributed by atoms with Gasteiger partial charge in [-0.25, -0.2) is 0 Å². The molecule has 1 amide bonds. The number of hydrogen-bond donors (Lipinski definition) is 1. The molecule has 0 radical (unpaired) electrons. The summed E-state index contributed by atoms with van der Waals surface area (Å²) in [5, 5.41) is 12.0. The number of halogens is 1. The van der Waals surface area contributed by atoms with Crippen LogP contribution >= 0.6 is 15.9 Å². The van der Waals surface area contributed by atoms with Gasteiger partial charge in [0.15, 0.2) is 0 Å². The molecule has 0 saturated carbocycles. The van der Waals surface area contributed by atoms with Gasteiger partial charge < -0.3 is 10.2 Å². The summed E-state index contributed by atoms with van der Waals surface area (Å²) in [6, 6.07) is 7.51. The first-order chi connectivity index (χ1) is 8.70. The maximum atomic E-state index is 11.9. The standard InChI is InChI=1S/C13H14BrN3O/c14-11-3-4-12(10(7-11)8-15)16-9-13(18)17-5-1-2-6-17/h3-4,7,16H,1-2,5-6,9H2. The average Bonchev–Trinajstić information content (AvgIpc) is 2.90. The van der Waals surface area contributed by atoms with Gasteiger partial charge in [-0.15, -0.1) is 0 Å². The third-order valence-electron chi connectivity index (χ3n) is 2.99. The number of likely N-dealkylation sites (tertiary alicyclic amines) is 1. The number of nitriles is 1. The van der Waals surface area contributed by atoms with Gasteiger partial charge in [-0.3, -0.25) is 4.79 Å². The van der Waals surface area contributed by atoms with E-state index in [1.54, 1.807) is 12.1 Å². The molecule has 0 bridgehead atoms. The van der Waals surface area contributed by atoms with Crippen molar-refractivity contribution in [2.24, 2.45) is 0 Å². The van der Waals surface area contributed by atoms with Gasteiger partial charge in [0, 0.05) is 17.6 Å². The van der Waals surface area contributed by atoms with E-state index in [1.165, 1.54) is 0 Å². The monoisotopic (exact) mass is 307 g/mol. The van der Waals surface area contributed by atoms with Crippen LogP contribution in [-0.4, -0.2) is 30.4 Å². The highest BCUT2D eigenvalue weighted by Gasteiger charge is 2.17. The van der Waals surface area contributed by atoms with Crippen molar-refractivity contribution in [1.82, 2.24) is 4.90 Å². The highest BCUT2D eigenvalue weighted by molar-refractivity contribution is 9.10. The number of benzene rings is 1. The molecule has 0 aliphatic carbocycles. The summed E-state index contributed by atoms with van der Waals surface area (Å²) >= 11 is 3.32. The van der Waals surface area contributed by atoms with Gasteiger partial charge >= 0.3 is 0 Å². The summed E-state index contributed by atoms with van der Waals surface area (Å²) < 4.78 is 0.857. The van der Waals surface area contributed by atoms with Crippen molar-refractivity contribution in [3.63, 3.8) is 0 Å². The van der Waals surface area contributed by atoms with Crippen LogP contribution in [0.3, 0.4) is 0 Å². The third-order valence-corrected chi connectivity index (χ3v) is 3.48. The molecule has 0 spiro atoms. The van der Waals surface area contributed by atoms with Crippen LogP contribution in [-0.2, 0) is 4.79 Å². The second kappa shape index (κ2) is 5.87. The van der Waals surface area contributed by atoms with Crippen molar-refractivity contribution < 1.29 is 4.79 Å². The minimum absolute atomic E-state index is 0.0966. The Balaban J connectivity index is 1.97. The van der Waals surface area contributed by atoms with Gasteiger partial charge in [-0.1, -0.05) is 15.9 Å². The van der Waals surface area contributed by atoms with Gasteiger partial charge in [0.1, 0.15) is 6.07 Å². The molecular weight excluding hydrogens is 294 g/mol. The van der Waals surface area contributed by atoms with Crippen molar-refractivity contribution in [3.05, 3.63) is 28.2 Å². The fourth-order valence-electron chi connectivity index (χ4n) is 2.01. The lowest BCUT2D eigenvalue weighted by atomic mass is 10.2. The zero-order valence-electron chi connectivity index (χ0n) is 9.95. The van der Waals surface area contributed by atoms with Crippen LogP contribution < -0.4 is 5.32 Å². The molecule has 94 valence electrons. The Morgan fingerprint density at radius 2 is 2.17 bits per heavy atom. The van der Waals surface area contributed by atoms with Gasteiger partial charge in [-0.2, -0.15) is 5.26 Å². The molecule has 18 heavy (non-hydrogen) atoms. The van der Waals surface area contributed by atoms with E-state index in [-0.39, 0.29) is 12.5 Å². The van der Waals surface area contributed by atoms with Crippen LogP contribution in [0.5, 0.6) is 0 Å². The Morgan fingerprint density at radius 3 is 2.83 bits per heavy atom. The molecule has 1 aliphatic rings. The number of nitrogens with zero attached hydrogens (tertiary/aromatic N) is 2. The lowest BCUT2D eigenvalue weighted by Crippen LogP contribution is -2.33. The third kappa shape index (κ3) is 3.02. The number of rotatable bonds is 3. The first-order valence-electron chi connectivity index (χ1n) is 5.92. The molecule has 1 aliphatic heterocycles. The highest BCUT2D eigenvalue weighted by atomic mass is 79.9. The lowest BCUT2D eigenvalue weighted by molar-refractivity contribution is -0.128. The summed E-state index contributed by atoms with van der Waals surface area (Å²) in [6.45, 7) is 1.95. The SMILES string of the molecule is N#Cc1cc(Br)ccc1NCC(=O)N1CCCC1. The summed E-state index contributed by atoms with van der Waals surface area (Å²) in [4.78, 5) is 13.7. The van der Waals surface area contributed by atoms with Crippen molar-refractivity contribution in [3.8, 4) is 6.07 Å². The topological polar surface area (TPSA) is 56.1 Å². The first-order valence-corrected chi connectivity index (χ1v) is 6.71. The zero-order chi connectivity index (χ0) is 13.0. The predicted molar refractivity (Wildman–Crippen MR) is 73.2 cm³/mol. The van der Waals surface area contributed by atoms with Crippen molar-refractivity contribution in [2.75, 3.05) is 25.0 Å². The van der Waals surface area contributed by atoms with Crippen molar-refractivity contribution in [1.29, 1.82) is 5.26 Å². The molecule has 1 aromatic carbocycles. The summed E-state index contributed by atoms with van der Waals surface area (Å²) in [6.07, 6.45) is 2.18. The molecule has 1 fully saturated rings. The number of amides is 1. The number of hydrogen-bond acceptors (Lipinski definition) is 3. The minimum Gasteiger partial charge on any atom is -0.375 e. The molecular formula is C13H14BrN3O. The number of carbonyl (C=O) groups excluding carboxylic acids is 1. The van der Waals surface area contributed by atoms with Crippen LogP contribution in [0.2, 0.25) is 0 Å².